The lowest BCUT2D eigenvalue weighted by Gasteiger charge is -2.14. The van der Waals surface area contributed by atoms with Crippen molar-refractivity contribution in [3.63, 3.8) is 0 Å². The van der Waals surface area contributed by atoms with Crippen molar-refractivity contribution >= 4 is 33.0 Å². The minimum absolute atomic E-state index is 0.0836. The Hall–Kier alpha value is -2.91. The number of aliphatic carboxylic acids is 1. The van der Waals surface area contributed by atoms with Crippen molar-refractivity contribution in [2.24, 2.45) is 0 Å². The van der Waals surface area contributed by atoms with E-state index in [-0.39, 0.29) is 22.5 Å². The number of carboxylic acid groups (broad SMARTS) is 1. The van der Waals surface area contributed by atoms with Crippen LogP contribution >= 0.6 is 11.6 Å². The summed E-state index contributed by atoms with van der Waals surface area (Å²) < 4.78 is 23.3. The highest BCUT2D eigenvalue weighted by Crippen LogP contribution is 2.30. The Morgan fingerprint density at radius 3 is 2.04 bits per heavy atom. The second kappa shape index (κ2) is 8.85. The fourth-order valence-corrected chi connectivity index (χ4v) is 3.32. The largest absolute Gasteiger partial charge is 0.478 e. The van der Waals surface area contributed by atoms with Crippen LogP contribution in [0.5, 0.6) is 0 Å². The Balaban J connectivity index is 2.62. The lowest BCUT2D eigenvalue weighted by Crippen LogP contribution is -2.11. The maximum atomic E-state index is 11.9. The molecule has 0 aromatic heterocycles. The number of nitrogens with zero attached hydrogens (tertiary/aromatic N) is 1. The van der Waals surface area contributed by atoms with Crippen LogP contribution in [0.15, 0.2) is 59.0 Å². The summed E-state index contributed by atoms with van der Waals surface area (Å²) in [6, 6.07) is 12.1. The molecular formula is C18H16ClNO7S. The van der Waals surface area contributed by atoms with Gasteiger partial charge in [0.1, 0.15) is 6.61 Å². The molecule has 0 aliphatic carbocycles. The Labute approximate surface area is 166 Å². The second-order valence-electron chi connectivity index (χ2n) is 5.77. The number of rotatable bonds is 8. The van der Waals surface area contributed by atoms with Crippen molar-refractivity contribution < 1.29 is 28.2 Å². The predicted molar refractivity (Wildman–Crippen MR) is 102 cm³/mol. The zero-order valence-electron chi connectivity index (χ0n) is 14.7. The summed E-state index contributed by atoms with van der Waals surface area (Å²) in [6.07, 6.45) is 0.831. The maximum absolute atomic E-state index is 11.9. The first kappa shape index (κ1) is 21.4. The molecule has 0 bridgehead atoms. The molecule has 0 radical (unpaired) electrons. The minimum Gasteiger partial charge on any atom is -0.478 e. The van der Waals surface area contributed by atoms with Gasteiger partial charge in [-0.3, -0.25) is 0 Å². The Kier molecular flexibility index (Phi) is 6.76. The van der Waals surface area contributed by atoms with E-state index in [2.05, 4.69) is 4.84 Å². The molecule has 2 aromatic rings. The number of benzene rings is 2. The fraction of sp³-hybridized carbons (Fsp3) is 0.167. The van der Waals surface area contributed by atoms with Gasteiger partial charge in [-0.25, -0.2) is 13.2 Å². The van der Waals surface area contributed by atoms with E-state index in [1.165, 1.54) is 24.3 Å². The third-order valence-electron chi connectivity index (χ3n) is 3.81. The zero-order chi connectivity index (χ0) is 20.9. The van der Waals surface area contributed by atoms with Gasteiger partial charge in [0.25, 0.3) is 5.09 Å². The van der Waals surface area contributed by atoms with E-state index >= 15 is 0 Å². The van der Waals surface area contributed by atoms with Crippen LogP contribution in [0.25, 0.3) is 5.57 Å². The lowest BCUT2D eigenvalue weighted by atomic mass is 9.91. The number of carbonyl (C=O) groups is 1. The third-order valence-corrected chi connectivity index (χ3v) is 5.19. The Morgan fingerprint density at radius 2 is 1.61 bits per heavy atom. The van der Waals surface area contributed by atoms with Crippen molar-refractivity contribution in [3.8, 4) is 0 Å². The normalized spacial score (nSPS) is 12.2. The van der Waals surface area contributed by atoms with E-state index in [0.717, 1.165) is 6.26 Å². The third kappa shape index (κ3) is 5.54. The van der Waals surface area contributed by atoms with Crippen LogP contribution in [0.1, 0.15) is 17.5 Å². The molecule has 8 nitrogen and oxygen atoms in total. The number of hydrogen-bond acceptors (Lipinski definition) is 6. The van der Waals surface area contributed by atoms with Gasteiger partial charge in [0.05, 0.1) is 4.90 Å². The molecule has 0 unspecified atom stereocenters. The topological polar surface area (TPSA) is 124 Å². The molecule has 0 heterocycles. The van der Waals surface area contributed by atoms with Crippen LogP contribution in [0.4, 0.5) is 0 Å². The van der Waals surface area contributed by atoms with Crippen LogP contribution in [0.3, 0.4) is 0 Å². The zero-order valence-corrected chi connectivity index (χ0v) is 16.2. The monoisotopic (exact) mass is 425 g/mol. The van der Waals surface area contributed by atoms with Gasteiger partial charge in [-0.1, -0.05) is 35.9 Å². The molecule has 2 aromatic carbocycles. The van der Waals surface area contributed by atoms with E-state index in [0.29, 0.717) is 16.1 Å². The van der Waals surface area contributed by atoms with Crippen LogP contribution < -0.4 is 0 Å². The van der Waals surface area contributed by atoms with Crippen molar-refractivity contribution in [1.82, 2.24) is 0 Å². The number of sulfone groups is 1. The maximum Gasteiger partial charge on any atom is 0.332 e. The van der Waals surface area contributed by atoms with Gasteiger partial charge < -0.3 is 9.94 Å². The smallest absolute Gasteiger partial charge is 0.332 e. The summed E-state index contributed by atoms with van der Waals surface area (Å²) in [7, 11) is -3.42. The van der Waals surface area contributed by atoms with Crippen molar-refractivity contribution in [2.45, 2.75) is 11.3 Å². The number of halogens is 1. The molecule has 0 amide bonds. The molecule has 1 N–H and O–H groups in total. The minimum atomic E-state index is -3.42. The van der Waals surface area contributed by atoms with Gasteiger partial charge in [0.2, 0.25) is 0 Å². The average Bonchev–Trinajstić information content (AvgIpc) is 2.61. The lowest BCUT2D eigenvalue weighted by molar-refractivity contribution is -0.757. The van der Waals surface area contributed by atoms with Gasteiger partial charge in [-0.15, -0.1) is 10.1 Å². The van der Waals surface area contributed by atoms with Crippen LogP contribution in [-0.4, -0.2) is 37.4 Å². The Morgan fingerprint density at radius 1 is 1.11 bits per heavy atom. The van der Waals surface area contributed by atoms with Crippen molar-refractivity contribution in [3.05, 3.63) is 80.4 Å². The van der Waals surface area contributed by atoms with Gasteiger partial charge in [0, 0.05) is 23.3 Å². The second-order valence-corrected chi connectivity index (χ2v) is 8.22. The first-order valence-electron chi connectivity index (χ1n) is 7.90. The summed E-state index contributed by atoms with van der Waals surface area (Å²) in [5.41, 5.74) is 1.12. The highest BCUT2D eigenvalue weighted by atomic mass is 35.5. The molecule has 0 atom stereocenters. The predicted octanol–water partition coefficient (Wildman–Crippen LogP) is 3.23. The van der Waals surface area contributed by atoms with Gasteiger partial charge in [0.15, 0.2) is 9.84 Å². The molecule has 0 fully saturated rings. The quantitative estimate of drug-likeness (QED) is 0.391. The van der Waals surface area contributed by atoms with E-state index < -0.39 is 27.5 Å². The molecule has 0 aliphatic rings. The molecule has 0 saturated heterocycles. The van der Waals surface area contributed by atoms with Gasteiger partial charge in [-0.2, -0.15) is 0 Å². The van der Waals surface area contributed by atoms with Gasteiger partial charge >= 0.3 is 5.97 Å². The summed E-state index contributed by atoms with van der Waals surface area (Å²) >= 11 is 5.90. The highest BCUT2D eigenvalue weighted by molar-refractivity contribution is 7.90. The Bertz CT molecular complexity index is 1010. The molecule has 0 aliphatic heterocycles. The van der Waals surface area contributed by atoms with Crippen LogP contribution in [-0.2, 0) is 19.5 Å². The van der Waals surface area contributed by atoms with Crippen LogP contribution in [0.2, 0.25) is 5.02 Å². The summed E-state index contributed by atoms with van der Waals surface area (Å²) in [4.78, 5) is 26.6. The summed E-state index contributed by atoms with van der Waals surface area (Å²) in [5, 5.41) is 19.5. The van der Waals surface area contributed by atoms with Crippen LogP contribution in [0, 0.1) is 10.1 Å². The first-order chi connectivity index (χ1) is 13.1. The van der Waals surface area contributed by atoms with E-state index in [9.17, 15) is 28.4 Å². The average molecular weight is 426 g/mol. The standard InChI is InChI=1S/C18H16ClNO7S/c1-28(25,26)15-8-4-13(5-9-15)17(12-2-6-14(19)7-3-12)16(18(21)22)10-11-27-20(23)24/h2-9H,10-11H2,1H3,(H,21,22)/b17-16+. The molecule has 0 saturated carbocycles. The van der Waals surface area contributed by atoms with Gasteiger partial charge in [-0.05, 0) is 41.0 Å². The molecular weight excluding hydrogens is 410 g/mol. The van der Waals surface area contributed by atoms with E-state index in [1.54, 1.807) is 24.3 Å². The van der Waals surface area contributed by atoms with E-state index in [4.69, 9.17) is 11.6 Å². The fourth-order valence-electron chi connectivity index (χ4n) is 2.56. The number of carboxylic acids is 1. The molecule has 2 rings (SSSR count). The van der Waals surface area contributed by atoms with Crippen molar-refractivity contribution in [1.29, 1.82) is 0 Å². The molecule has 10 heteroatoms. The summed E-state index contributed by atoms with van der Waals surface area (Å²) in [5.74, 6) is -1.27. The SMILES string of the molecule is CS(=O)(=O)c1ccc(/C(=C(\CCO[N+](=O)[O-])C(=O)O)c2ccc(Cl)cc2)cc1. The molecule has 28 heavy (non-hydrogen) atoms. The molecule has 148 valence electrons. The number of hydrogen-bond donors (Lipinski definition) is 1. The molecule has 0 spiro atoms. The highest BCUT2D eigenvalue weighted by Gasteiger charge is 2.19. The van der Waals surface area contributed by atoms with Crippen molar-refractivity contribution in [2.75, 3.05) is 12.9 Å². The van der Waals surface area contributed by atoms with E-state index in [1.807, 2.05) is 0 Å². The first-order valence-corrected chi connectivity index (χ1v) is 10.2. The summed E-state index contributed by atoms with van der Waals surface area (Å²) in [6.45, 7) is -0.437.